The van der Waals surface area contributed by atoms with E-state index in [1.54, 1.807) is 27.7 Å². The smallest absolute Gasteiger partial charge is 0.407 e. The van der Waals surface area contributed by atoms with Gasteiger partial charge in [0.25, 0.3) is 0 Å². The minimum absolute atomic E-state index is 0.0263. The average Bonchev–Trinajstić information content (AvgIpc) is 2.68. The highest BCUT2D eigenvalue weighted by molar-refractivity contribution is 5.74. The second-order valence-corrected chi connectivity index (χ2v) is 8.11. The molecule has 0 spiro atoms. The SMILES string of the molecule is CCOC(=O)C(O)CC(Cc1ccc(-c2ccccc2)cc1)NC(=O)OC(C)(C)C. The third kappa shape index (κ3) is 7.87. The lowest BCUT2D eigenvalue weighted by atomic mass is 9.98. The first-order chi connectivity index (χ1) is 14.2. The van der Waals surface area contributed by atoms with Crippen LogP contribution >= 0.6 is 0 Å². The van der Waals surface area contributed by atoms with E-state index < -0.39 is 29.8 Å². The lowest BCUT2D eigenvalue weighted by Crippen LogP contribution is -2.43. The quantitative estimate of drug-likeness (QED) is 0.637. The summed E-state index contributed by atoms with van der Waals surface area (Å²) < 4.78 is 10.2. The molecular formula is C24H31NO5. The Bertz CT molecular complexity index is 812. The summed E-state index contributed by atoms with van der Waals surface area (Å²) in [5, 5.41) is 12.9. The third-order valence-corrected chi connectivity index (χ3v) is 4.33. The molecule has 0 bridgehead atoms. The van der Waals surface area contributed by atoms with E-state index in [-0.39, 0.29) is 13.0 Å². The molecule has 0 aromatic heterocycles. The second kappa shape index (κ2) is 10.8. The molecule has 2 rings (SSSR count). The first-order valence-electron chi connectivity index (χ1n) is 10.2. The molecule has 2 aromatic carbocycles. The van der Waals surface area contributed by atoms with Gasteiger partial charge < -0.3 is 19.9 Å². The van der Waals surface area contributed by atoms with Crippen molar-refractivity contribution in [3.05, 3.63) is 60.2 Å². The number of ether oxygens (including phenoxy) is 2. The molecule has 2 unspecified atom stereocenters. The highest BCUT2D eigenvalue weighted by atomic mass is 16.6. The van der Waals surface area contributed by atoms with Gasteiger partial charge in [-0.2, -0.15) is 0 Å². The number of benzene rings is 2. The number of hydrogen-bond acceptors (Lipinski definition) is 5. The van der Waals surface area contributed by atoms with Crippen LogP contribution in [0.1, 0.15) is 39.7 Å². The molecule has 6 heteroatoms. The van der Waals surface area contributed by atoms with E-state index in [0.717, 1.165) is 16.7 Å². The summed E-state index contributed by atoms with van der Waals surface area (Å²) in [6.07, 6.45) is -1.46. The predicted molar refractivity (Wildman–Crippen MR) is 116 cm³/mol. The third-order valence-electron chi connectivity index (χ3n) is 4.33. The van der Waals surface area contributed by atoms with Gasteiger partial charge in [0.2, 0.25) is 0 Å². The number of nitrogens with one attached hydrogen (secondary N) is 1. The Labute approximate surface area is 178 Å². The molecule has 0 aliphatic heterocycles. The predicted octanol–water partition coefficient (Wildman–Crippen LogP) is 4.10. The van der Waals surface area contributed by atoms with Crippen LogP contribution in [-0.4, -0.2) is 41.5 Å². The standard InChI is InChI=1S/C24H31NO5/c1-5-29-22(27)21(26)16-20(25-23(28)30-24(2,3)4)15-17-11-13-19(14-12-17)18-9-7-6-8-10-18/h6-14,20-21,26H,5,15-16H2,1-4H3,(H,25,28). The number of aliphatic hydroxyl groups is 1. The Balaban J connectivity index is 2.10. The Morgan fingerprint density at radius 1 is 1.00 bits per heavy atom. The van der Waals surface area contributed by atoms with Crippen LogP contribution in [0.4, 0.5) is 4.79 Å². The number of hydrogen-bond donors (Lipinski definition) is 2. The van der Waals surface area contributed by atoms with Crippen LogP contribution < -0.4 is 5.32 Å². The molecule has 0 radical (unpaired) electrons. The van der Waals surface area contributed by atoms with E-state index in [4.69, 9.17) is 9.47 Å². The number of aliphatic hydroxyl groups excluding tert-OH is 1. The lowest BCUT2D eigenvalue weighted by Gasteiger charge is -2.25. The average molecular weight is 414 g/mol. The van der Waals surface area contributed by atoms with Crippen LogP contribution in [0.25, 0.3) is 11.1 Å². The van der Waals surface area contributed by atoms with Crippen LogP contribution in [-0.2, 0) is 20.7 Å². The summed E-state index contributed by atoms with van der Waals surface area (Å²) in [7, 11) is 0. The van der Waals surface area contributed by atoms with Crippen LogP contribution in [0.2, 0.25) is 0 Å². The largest absolute Gasteiger partial charge is 0.464 e. The lowest BCUT2D eigenvalue weighted by molar-refractivity contribution is -0.153. The topological polar surface area (TPSA) is 84.9 Å². The minimum Gasteiger partial charge on any atom is -0.464 e. The summed E-state index contributed by atoms with van der Waals surface area (Å²) in [6, 6.07) is 17.5. The molecule has 0 heterocycles. The van der Waals surface area contributed by atoms with E-state index in [2.05, 4.69) is 5.32 Å². The first-order valence-corrected chi connectivity index (χ1v) is 10.2. The molecule has 2 atom stereocenters. The number of alkyl carbamates (subject to hydrolysis) is 1. The van der Waals surface area contributed by atoms with Gasteiger partial charge in [-0.05, 0) is 50.8 Å². The molecule has 6 nitrogen and oxygen atoms in total. The zero-order valence-corrected chi connectivity index (χ0v) is 18.1. The van der Waals surface area contributed by atoms with Gasteiger partial charge in [-0.1, -0.05) is 54.6 Å². The normalized spacial score (nSPS) is 13.2. The van der Waals surface area contributed by atoms with Crippen molar-refractivity contribution in [2.24, 2.45) is 0 Å². The zero-order chi connectivity index (χ0) is 22.1. The van der Waals surface area contributed by atoms with E-state index in [1.165, 1.54) is 0 Å². The maximum absolute atomic E-state index is 12.2. The number of carbonyl (C=O) groups excluding carboxylic acids is 2. The van der Waals surface area contributed by atoms with Gasteiger partial charge in [0, 0.05) is 12.5 Å². The Hall–Kier alpha value is -2.86. The Morgan fingerprint density at radius 2 is 1.60 bits per heavy atom. The monoisotopic (exact) mass is 413 g/mol. The molecule has 162 valence electrons. The fourth-order valence-electron chi connectivity index (χ4n) is 3.02. The van der Waals surface area contributed by atoms with Crippen molar-refractivity contribution in [3.8, 4) is 11.1 Å². The molecule has 30 heavy (non-hydrogen) atoms. The van der Waals surface area contributed by atoms with E-state index in [9.17, 15) is 14.7 Å². The van der Waals surface area contributed by atoms with E-state index in [0.29, 0.717) is 6.42 Å². The van der Waals surface area contributed by atoms with Crippen molar-refractivity contribution in [2.75, 3.05) is 6.61 Å². The van der Waals surface area contributed by atoms with Gasteiger partial charge in [0.15, 0.2) is 6.10 Å². The molecule has 0 aliphatic carbocycles. The molecule has 0 saturated heterocycles. The Kier molecular flexibility index (Phi) is 8.42. The summed E-state index contributed by atoms with van der Waals surface area (Å²) in [4.78, 5) is 24.1. The second-order valence-electron chi connectivity index (χ2n) is 8.11. The van der Waals surface area contributed by atoms with Gasteiger partial charge in [0.1, 0.15) is 5.60 Å². The summed E-state index contributed by atoms with van der Waals surface area (Å²) in [6.45, 7) is 7.18. The molecule has 2 aromatic rings. The zero-order valence-electron chi connectivity index (χ0n) is 18.1. The van der Waals surface area contributed by atoms with Crippen LogP contribution in [0.5, 0.6) is 0 Å². The Morgan fingerprint density at radius 3 is 2.17 bits per heavy atom. The summed E-state index contributed by atoms with van der Waals surface area (Å²) >= 11 is 0. The number of amides is 1. The van der Waals surface area contributed by atoms with Crippen molar-refractivity contribution in [3.63, 3.8) is 0 Å². The maximum Gasteiger partial charge on any atom is 0.407 e. The van der Waals surface area contributed by atoms with Crippen molar-refractivity contribution >= 4 is 12.1 Å². The van der Waals surface area contributed by atoms with Gasteiger partial charge in [0.05, 0.1) is 6.61 Å². The number of rotatable bonds is 8. The summed E-state index contributed by atoms with van der Waals surface area (Å²) in [5.41, 5.74) is 2.52. The van der Waals surface area contributed by atoms with Gasteiger partial charge in [-0.15, -0.1) is 0 Å². The van der Waals surface area contributed by atoms with E-state index >= 15 is 0 Å². The summed E-state index contributed by atoms with van der Waals surface area (Å²) in [5.74, 6) is -0.701. The van der Waals surface area contributed by atoms with Crippen molar-refractivity contribution in [2.45, 2.75) is 58.3 Å². The molecule has 0 aliphatic rings. The highest BCUT2D eigenvalue weighted by Crippen LogP contribution is 2.20. The van der Waals surface area contributed by atoms with Gasteiger partial charge >= 0.3 is 12.1 Å². The van der Waals surface area contributed by atoms with Crippen LogP contribution in [0, 0.1) is 0 Å². The van der Waals surface area contributed by atoms with Crippen LogP contribution in [0.15, 0.2) is 54.6 Å². The fourth-order valence-corrected chi connectivity index (χ4v) is 3.02. The number of esters is 1. The van der Waals surface area contributed by atoms with E-state index in [1.807, 2.05) is 54.6 Å². The van der Waals surface area contributed by atoms with Gasteiger partial charge in [-0.3, -0.25) is 0 Å². The molecular weight excluding hydrogens is 382 g/mol. The van der Waals surface area contributed by atoms with Crippen molar-refractivity contribution in [1.29, 1.82) is 0 Å². The molecule has 0 fully saturated rings. The van der Waals surface area contributed by atoms with Crippen molar-refractivity contribution in [1.82, 2.24) is 5.32 Å². The van der Waals surface area contributed by atoms with Gasteiger partial charge in [-0.25, -0.2) is 9.59 Å². The first kappa shape index (κ1) is 23.4. The van der Waals surface area contributed by atoms with Crippen molar-refractivity contribution < 1.29 is 24.2 Å². The maximum atomic E-state index is 12.2. The van der Waals surface area contributed by atoms with Crippen LogP contribution in [0.3, 0.4) is 0 Å². The molecule has 0 saturated carbocycles. The molecule has 2 N–H and O–H groups in total. The minimum atomic E-state index is -1.33. The molecule has 1 amide bonds. The fraction of sp³-hybridized carbons (Fsp3) is 0.417. The highest BCUT2D eigenvalue weighted by Gasteiger charge is 2.25. The number of carbonyl (C=O) groups is 2.